The van der Waals surface area contributed by atoms with Crippen LogP contribution in [0.15, 0.2) is 97.1 Å². The Hall–Kier alpha value is -4.03. The smallest absolute Gasteiger partial charge is 0.259 e. The number of anilines is 5. The number of amidine groups is 1. The molecular formula is C37H41I2N7O8S2. The van der Waals surface area contributed by atoms with Crippen molar-refractivity contribution in [2.75, 3.05) is 62.3 Å². The second-order valence-corrected chi connectivity index (χ2v) is 19.3. The SMILES string of the molecule is N=C(N)c1ccc(NC(=O)[C@H](O)[C@H]2OCCN(c3cccc(N4CCCS4(=O)=O)c3)C2=O)cc1.Nc1cccc(I)c1.O=S1(=O)CCCN1c1cccc(I)c1. The number of nitrogens with zero attached hydrogens (tertiary/aromatic N) is 3. The van der Waals surface area contributed by atoms with Gasteiger partial charge in [0.2, 0.25) is 20.0 Å². The van der Waals surface area contributed by atoms with Gasteiger partial charge in [-0.05, 0) is 137 Å². The third-order valence-corrected chi connectivity index (χ3v) is 13.8. The number of carbonyl (C=O) groups is 2. The number of ether oxygens (including phenoxy) is 1. The minimum absolute atomic E-state index is 0.0779. The fraction of sp³-hybridized carbons (Fsp3) is 0.270. The van der Waals surface area contributed by atoms with E-state index in [0.717, 1.165) is 21.4 Å². The van der Waals surface area contributed by atoms with E-state index < -0.39 is 44.1 Å². The van der Waals surface area contributed by atoms with E-state index in [1.54, 1.807) is 36.4 Å². The number of halogens is 2. The number of nitrogens with one attached hydrogen (secondary N) is 2. The predicted molar refractivity (Wildman–Crippen MR) is 235 cm³/mol. The number of rotatable bonds is 7. The van der Waals surface area contributed by atoms with Gasteiger partial charge in [-0.25, -0.2) is 16.8 Å². The Kier molecular flexibility index (Phi) is 14.6. The number of aliphatic hydroxyl groups is 1. The van der Waals surface area contributed by atoms with Crippen molar-refractivity contribution >= 4 is 111 Å². The standard InChI is InChI=1S/C22H25N5O6S.C9H10INO2S.C6H6IN/c23-20(24)14-5-7-15(8-6-14)25-21(29)18(28)19-22(30)26(10-11-33-19)16-3-1-4-17(13-16)27-9-2-12-34(27,31)32;10-8-3-1-4-9(7-8)11-5-2-6-14(11,12)13;7-5-2-1-3-6(8)4-5/h1,3-8,13,18-19,28H,2,9-12H2,(H3,23,24)(H,25,29);1,3-4,7H,2,5-6H2;1-4H,8H2/t18-,19-;;/m1../s1. The van der Waals surface area contributed by atoms with E-state index >= 15 is 0 Å². The molecule has 2 amide bonds. The van der Waals surface area contributed by atoms with Crippen LogP contribution in [0.4, 0.5) is 28.4 Å². The lowest BCUT2D eigenvalue weighted by Gasteiger charge is -2.34. The number of hydrogen-bond donors (Lipinski definition) is 5. The molecule has 7 N–H and O–H groups in total. The van der Waals surface area contributed by atoms with Crippen molar-refractivity contribution in [3.63, 3.8) is 0 Å². The molecule has 0 aliphatic carbocycles. The summed E-state index contributed by atoms with van der Waals surface area (Å²) in [5.41, 5.74) is 14.2. The zero-order chi connectivity index (χ0) is 40.6. The maximum absolute atomic E-state index is 13.1. The quantitative estimate of drug-likeness (QED) is 0.0775. The van der Waals surface area contributed by atoms with Crippen LogP contribution in [0.3, 0.4) is 0 Å². The molecule has 0 spiro atoms. The molecule has 3 aliphatic heterocycles. The number of morpholine rings is 1. The van der Waals surface area contributed by atoms with Gasteiger partial charge in [0.15, 0.2) is 12.2 Å². The van der Waals surface area contributed by atoms with Crippen molar-refractivity contribution in [1.82, 2.24) is 0 Å². The minimum Gasteiger partial charge on any atom is -0.399 e. The maximum Gasteiger partial charge on any atom is 0.259 e. The summed E-state index contributed by atoms with van der Waals surface area (Å²) >= 11 is 4.41. The highest BCUT2D eigenvalue weighted by molar-refractivity contribution is 14.1. The lowest BCUT2D eigenvalue weighted by Crippen LogP contribution is -2.55. The van der Waals surface area contributed by atoms with E-state index in [9.17, 15) is 31.5 Å². The van der Waals surface area contributed by atoms with Crippen molar-refractivity contribution < 1.29 is 36.3 Å². The molecule has 298 valence electrons. The van der Waals surface area contributed by atoms with Crippen molar-refractivity contribution in [1.29, 1.82) is 5.41 Å². The predicted octanol–water partition coefficient (Wildman–Crippen LogP) is 3.95. The minimum atomic E-state index is -3.38. The van der Waals surface area contributed by atoms with Crippen LogP contribution in [0.25, 0.3) is 0 Å². The van der Waals surface area contributed by atoms with Crippen LogP contribution in [0, 0.1) is 12.5 Å². The molecule has 7 rings (SSSR count). The van der Waals surface area contributed by atoms with Crippen LogP contribution in [0.5, 0.6) is 0 Å². The molecule has 0 radical (unpaired) electrons. The number of aliphatic hydroxyl groups excluding tert-OH is 1. The Morgan fingerprint density at radius 1 is 0.804 bits per heavy atom. The lowest BCUT2D eigenvalue weighted by atomic mass is 10.1. The lowest BCUT2D eigenvalue weighted by molar-refractivity contribution is -0.150. The number of nitrogen functional groups attached to an aromatic ring is 2. The Labute approximate surface area is 353 Å². The Balaban J connectivity index is 0.000000221. The highest BCUT2D eigenvalue weighted by atomic mass is 127. The zero-order valence-electron chi connectivity index (χ0n) is 29.9. The van der Waals surface area contributed by atoms with Gasteiger partial charge in [0.05, 0.1) is 29.5 Å². The van der Waals surface area contributed by atoms with Gasteiger partial charge in [-0.3, -0.25) is 23.6 Å². The maximum atomic E-state index is 13.1. The molecule has 2 atom stereocenters. The summed E-state index contributed by atoms with van der Waals surface area (Å²) in [6.45, 7) is 1.26. The second-order valence-electron chi connectivity index (χ2n) is 12.7. The van der Waals surface area contributed by atoms with E-state index in [1.807, 2.05) is 48.5 Å². The first-order valence-electron chi connectivity index (χ1n) is 17.3. The highest BCUT2D eigenvalue weighted by Crippen LogP contribution is 2.30. The van der Waals surface area contributed by atoms with E-state index in [0.29, 0.717) is 42.1 Å². The van der Waals surface area contributed by atoms with Crippen LogP contribution in [0.2, 0.25) is 0 Å². The Morgan fingerprint density at radius 3 is 1.84 bits per heavy atom. The topological polar surface area (TPSA) is 230 Å². The number of nitrogens with two attached hydrogens (primary N) is 2. The third-order valence-electron chi connectivity index (χ3n) is 8.71. The van der Waals surface area contributed by atoms with E-state index in [-0.39, 0.29) is 30.5 Å². The van der Waals surface area contributed by atoms with Crippen LogP contribution >= 0.6 is 45.2 Å². The van der Waals surface area contributed by atoms with Crippen LogP contribution in [-0.4, -0.2) is 89.5 Å². The Morgan fingerprint density at radius 2 is 1.34 bits per heavy atom. The summed E-state index contributed by atoms with van der Waals surface area (Å²) in [6.07, 6.45) is -1.94. The van der Waals surface area contributed by atoms with Gasteiger partial charge in [0, 0.05) is 49.4 Å². The first kappa shape index (κ1) is 43.1. The molecule has 3 aliphatic rings. The summed E-state index contributed by atoms with van der Waals surface area (Å²) in [5, 5.41) is 20.5. The van der Waals surface area contributed by atoms with E-state index in [4.69, 9.17) is 21.6 Å². The molecule has 3 fully saturated rings. The second kappa shape index (κ2) is 18.9. The van der Waals surface area contributed by atoms with E-state index in [1.165, 1.54) is 29.2 Å². The average Bonchev–Trinajstić information content (AvgIpc) is 3.71. The van der Waals surface area contributed by atoms with Crippen molar-refractivity contribution in [3.05, 3.63) is 110 Å². The number of carbonyl (C=O) groups excluding carboxylic acids is 2. The van der Waals surface area contributed by atoms with Crippen molar-refractivity contribution in [3.8, 4) is 0 Å². The fourth-order valence-corrected chi connectivity index (χ4v) is 10.2. The summed E-state index contributed by atoms with van der Waals surface area (Å²) in [7, 11) is -6.41. The van der Waals surface area contributed by atoms with Crippen LogP contribution < -0.4 is 30.3 Å². The zero-order valence-corrected chi connectivity index (χ0v) is 35.9. The largest absolute Gasteiger partial charge is 0.399 e. The highest BCUT2D eigenvalue weighted by Gasteiger charge is 2.40. The fourth-order valence-electron chi connectivity index (χ4n) is 5.99. The van der Waals surface area contributed by atoms with Gasteiger partial charge in [0.25, 0.3) is 11.8 Å². The molecule has 4 aromatic rings. The van der Waals surface area contributed by atoms with E-state index in [2.05, 4.69) is 50.5 Å². The summed E-state index contributed by atoms with van der Waals surface area (Å²) in [4.78, 5) is 27.0. The van der Waals surface area contributed by atoms with Crippen LogP contribution in [-0.2, 0) is 34.4 Å². The molecule has 19 heteroatoms. The number of sulfonamides is 2. The third kappa shape index (κ3) is 11.1. The molecule has 3 saturated heterocycles. The molecule has 4 aromatic carbocycles. The molecule has 3 heterocycles. The Bertz CT molecular complexity index is 2260. The first-order valence-corrected chi connectivity index (χ1v) is 22.7. The first-order chi connectivity index (χ1) is 26.6. The number of benzene rings is 4. The molecular weight excluding hydrogens is 988 g/mol. The van der Waals surface area contributed by atoms with Gasteiger partial charge in [-0.1, -0.05) is 18.2 Å². The van der Waals surface area contributed by atoms with Gasteiger partial charge in [-0.2, -0.15) is 0 Å². The summed E-state index contributed by atoms with van der Waals surface area (Å²) in [6, 6.07) is 28.0. The van der Waals surface area contributed by atoms with Crippen molar-refractivity contribution in [2.45, 2.75) is 25.0 Å². The normalized spacial score (nSPS) is 18.9. The van der Waals surface area contributed by atoms with Crippen LogP contribution in [0.1, 0.15) is 18.4 Å². The average molecular weight is 1030 g/mol. The van der Waals surface area contributed by atoms with Crippen molar-refractivity contribution in [2.24, 2.45) is 5.73 Å². The number of hydrogen-bond acceptors (Lipinski definition) is 10. The summed E-state index contributed by atoms with van der Waals surface area (Å²) in [5.74, 6) is -1.20. The molecule has 0 bridgehead atoms. The monoisotopic (exact) mass is 1030 g/mol. The molecule has 56 heavy (non-hydrogen) atoms. The molecule has 0 unspecified atom stereocenters. The molecule has 0 saturated carbocycles. The number of amides is 2. The van der Waals surface area contributed by atoms with Gasteiger partial charge in [-0.15, -0.1) is 0 Å². The van der Waals surface area contributed by atoms with Gasteiger partial charge in [0.1, 0.15) is 5.84 Å². The molecule has 15 nitrogen and oxygen atoms in total. The summed E-state index contributed by atoms with van der Waals surface area (Å²) < 4.78 is 58.2. The van der Waals surface area contributed by atoms with Gasteiger partial charge >= 0.3 is 0 Å². The van der Waals surface area contributed by atoms with Gasteiger partial charge < -0.3 is 31.5 Å². The molecule has 0 aromatic heterocycles.